The number of carbonyl (C=O) groups excluding carboxylic acids is 1. The third kappa shape index (κ3) is 3.16. The number of aromatic nitrogens is 3. The largest absolute Gasteiger partial charge is 0.347 e. The number of hydrogen-bond acceptors (Lipinski definition) is 5. The van der Waals surface area contributed by atoms with Gasteiger partial charge in [-0.15, -0.1) is 5.10 Å². The number of sulfone groups is 1. The number of benzene rings is 1. The monoisotopic (exact) mass is 320 g/mol. The number of aryl methyl sites for hydroxylation is 1. The molecule has 3 rings (SSSR count). The maximum absolute atomic E-state index is 12.1. The molecule has 2 aromatic rings. The van der Waals surface area contributed by atoms with E-state index in [1.165, 1.54) is 10.9 Å². The van der Waals surface area contributed by atoms with Crippen LogP contribution in [0.1, 0.15) is 22.5 Å². The van der Waals surface area contributed by atoms with Crippen molar-refractivity contribution in [3.63, 3.8) is 0 Å². The van der Waals surface area contributed by atoms with Crippen LogP contribution in [0.15, 0.2) is 30.5 Å². The molecule has 22 heavy (non-hydrogen) atoms. The zero-order valence-corrected chi connectivity index (χ0v) is 12.9. The average Bonchev–Trinajstić information content (AvgIpc) is 3.06. The summed E-state index contributed by atoms with van der Waals surface area (Å²) in [5.74, 6) is -0.292. The quantitative estimate of drug-likeness (QED) is 0.888. The first-order chi connectivity index (χ1) is 10.4. The number of hydrogen-bond donors (Lipinski definition) is 1. The van der Waals surface area contributed by atoms with Crippen molar-refractivity contribution in [1.82, 2.24) is 20.3 Å². The maximum atomic E-state index is 12.1. The summed E-state index contributed by atoms with van der Waals surface area (Å²) in [5.41, 5.74) is 2.11. The molecule has 1 aromatic carbocycles. The normalized spacial score (nSPS) is 20.0. The second-order valence-corrected chi connectivity index (χ2v) is 7.69. The van der Waals surface area contributed by atoms with E-state index in [1.807, 2.05) is 31.2 Å². The van der Waals surface area contributed by atoms with Crippen LogP contribution in [0.4, 0.5) is 0 Å². The minimum absolute atomic E-state index is 0.00909. The highest BCUT2D eigenvalue weighted by Crippen LogP contribution is 2.12. The molecule has 0 bridgehead atoms. The highest BCUT2D eigenvalue weighted by molar-refractivity contribution is 7.91. The standard InChI is InChI=1S/C14H16N4O3S/c1-10-2-4-12(5-3-10)18-8-13(16-17-18)14(19)15-11-6-7-22(20,21)9-11/h2-5,8,11H,6-7,9H2,1H3,(H,15,19)/t11-/m0/s1. The van der Waals surface area contributed by atoms with E-state index in [9.17, 15) is 13.2 Å². The van der Waals surface area contributed by atoms with Crippen LogP contribution in [-0.2, 0) is 9.84 Å². The van der Waals surface area contributed by atoms with Gasteiger partial charge in [0.1, 0.15) is 0 Å². The van der Waals surface area contributed by atoms with Gasteiger partial charge in [0, 0.05) is 6.04 Å². The van der Waals surface area contributed by atoms with Gasteiger partial charge in [-0.1, -0.05) is 22.9 Å². The SMILES string of the molecule is Cc1ccc(-n2cc(C(=O)N[C@H]3CCS(=O)(=O)C3)nn2)cc1. The molecule has 1 aliphatic heterocycles. The Bertz CT molecular complexity index is 796. The molecular formula is C14H16N4O3S. The molecule has 0 spiro atoms. The highest BCUT2D eigenvalue weighted by atomic mass is 32.2. The van der Waals surface area contributed by atoms with Crippen LogP contribution in [0.2, 0.25) is 0 Å². The molecule has 1 atom stereocenters. The number of carbonyl (C=O) groups is 1. The lowest BCUT2D eigenvalue weighted by atomic mass is 10.2. The first-order valence-electron chi connectivity index (χ1n) is 6.94. The van der Waals surface area contributed by atoms with Crippen molar-refractivity contribution in [3.05, 3.63) is 41.7 Å². The summed E-state index contributed by atoms with van der Waals surface area (Å²) in [6.45, 7) is 1.99. The average molecular weight is 320 g/mol. The summed E-state index contributed by atoms with van der Waals surface area (Å²) in [6, 6.07) is 7.31. The summed E-state index contributed by atoms with van der Waals surface area (Å²) >= 11 is 0. The molecule has 0 saturated carbocycles. The van der Waals surface area contributed by atoms with Crippen LogP contribution in [0.25, 0.3) is 5.69 Å². The van der Waals surface area contributed by atoms with Crippen molar-refractivity contribution < 1.29 is 13.2 Å². The van der Waals surface area contributed by atoms with Crippen LogP contribution in [0, 0.1) is 6.92 Å². The molecule has 1 N–H and O–H groups in total. The Kier molecular flexibility index (Phi) is 3.69. The Morgan fingerprint density at radius 1 is 1.32 bits per heavy atom. The van der Waals surface area contributed by atoms with Gasteiger partial charge in [-0.25, -0.2) is 13.1 Å². The predicted octanol–water partition coefficient (Wildman–Crippen LogP) is 0.493. The highest BCUT2D eigenvalue weighted by Gasteiger charge is 2.29. The number of nitrogens with zero attached hydrogens (tertiary/aromatic N) is 3. The van der Waals surface area contributed by atoms with Gasteiger partial charge in [-0.05, 0) is 25.5 Å². The molecule has 8 heteroatoms. The number of nitrogens with one attached hydrogen (secondary N) is 1. The molecule has 116 valence electrons. The van der Waals surface area contributed by atoms with Crippen molar-refractivity contribution in [2.75, 3.05) is 11.5 Å². The molecular weight excluding hydrogens is 304 g/mol. The summed E-state index contributed by atoms with van der Waals surface area (Å²) in [5, 5.41) is 10.5. The smallest absolute Gasteiger partial charge is 0.273 e. The zero-order valence-electron chi connectivity index (χ0n) is 12.1. The number of amides is 1. The van der Waals surface area contributed by atoms with E-state index in [0.29, 0.717) is 6.42 Å². The molecule has 1 fully saturated rings. The van der Waals surface area contributed by atoms with Crippen LogP contribution >= 0.6 is 0 Å². The summed E-state index contributed by atoms with van der Waals surface area (Å²) in [4.78, 5) is 12.1. The van der Waals surface area contributed by atoms with Gasteiger partial charge in [-0.2, -0.15) is 0 Å². The Morgan fingerprint density at radius 2 is 2.05 bits per heavy atom. The molecule has 1 saturated heterocycles. The lowest BCUT2D eigenvalue weighted by Gasteiger charge is -2.08. The summed E-state index contributed by atoms with van der Waals surface area (Å²) in [7, 11) is -3.02. The van der Waals surface area contributed by atoms with Gasteiger partial charge >= 0.3 is 0 Å². The first kappa shape index (κ1) is 14.7. The van der Waals surface area contributed by atoms with E-state index in [-0.39, 0.29) is 23.2 Å². The predicted molar refractivity (Wildman–Crippen MR) is 80.6 cm³/mol. The van der Waals surface area contributed by atoms with Crippen LogP contribution in [0.3, 0.4) is 0 Å². The molecule has 0 unspecified atom stereocenters. The van der Waals surface area contributed by atoms with Gasteiger partial charge in [0.15, 0.2) is 15.5 Å². The minimum atomic E-state index is -3.02. The van der Waals surface area contributed by atoms with Gasteiger partial charge in [0.2, 0.25) is 0 Å². The molecule has 2 heterocycles. The Morgan fingerprint density at radius 3 is 2.68 bits per heavy atom. The van der Waals surface area contributed by atoms with E-state index in [4.69, 9.17) is 0 Å². The van der Waals surface area contributed by atoms with E-state index >= 15 is 0 Å². The van der Waals surface area contributed by atoms with Crippen molar-refractivity contribution in [1.29, 1.82) is 0 Å². The third-order valence-electron chi connectivity index (χ3n) is 3.59. The Balaban J connectivity index is 1.71. The molecule has 1 aliphatic rings. The fourth-order valence-corrected chi connectivity index (χ4v) is 4.03. The van der Waals surface area contributed by atoms with Gasteiger partial charge in [0.25, 0.3) is 5.91 Å². The zero-order chi connectivity index (χ0) is 15.7. The fraction of sp³-hybridized carbons (Fsp3) is 0.357. The lowest BCUT2D eigenvalue weighted by molar-refractivity contribution is 0.0936. The Hall–Kier alpha value is -2.22. The van der Waals surface area contributed by atoms with Crippen molar-refractivity contribution >= 4 is 15.7 Å². The molecule has 7 nitrogen and oxygen atoms in total. The third-order valence-corrected chi connectivity index (χ3v) is 5.36. The van der Waals surface area contributed by atoms with Crippen LogP contribution in [0.5, 0.6) is 0 Å². The molecule has 1 amide bonds. The second-order valence-electron chi connectivity index (χ2n) is 5.46. The molecule has 1 aromatic heterocycles. The topological polar surface area (TPSA) is 94.0 Å². The van der Waals surface area contributed by atoms with Crippen LogP contribution < -0.4 is 5.32 Å². The minimum Gasteiger partial charge on any atom is -0.347 e. The van der Waals surface area contributed by atoms with E-state index in [2.05, 4.69) is 15.6 Å². The first-order valence-corrected chi connectivity index (χ1v) is 8.76. The van der Waals surface area contributed by atoms with Gasteiger partial charge < -0.3 is 5.32 Å². The lowest BCUT2D eigenvalue weighted by Crippen LogP contribution is -2.35. The maximum Gasteiger partial charge on any atom is 0.273 e. The molecule has 0 aliphatic carbocycles. The van der Waals surface area contributed by atoms with E-state index in [0.717, 1.165) is 11.3 Å². The number of rotatable bonds is 3. The summed E-state index contributed by atoms with van der Waals surface area (Å²) < 4.78 is 24.3. The van der Waals surface area contributed by atoms with E-state index in [1.54, 1.807) is 0 Å². The van der Waals surface area contributed by atoms with Crippen molar-refractivity contribution in [2.24, 2.45) is 0 Å². The van der Waals surface area contributed by atoms with Gasteiger partial charge in [-0.3, -0.25) is 4.79 Å². The van der Waals surface area contributed by atoms with Crippen molar-refractivity contribution in [2.45, 2.75) is 19.4 Å². The summed E-state index contributed by atoms with van der Waals surface area (Å²) in [6.07, 6.45) is 1.98. The van der Waals surface area contributed by atoms with Crippen LogP contribution in [-0.4, -0.2) is 46.9 Å². The van der Waals surface area contributed by atoms with Gasteiger partial charge in [0.05, 0.1) is 23.4 Å². The van der Waals surface area contributed by atoms with E-state index < -0.39 is 15.7 Å². The second kappa shape index (κ2) is 5.53. The fourth-order valence-electron chi connectivity index (χ4n) is 2.36. The van der Waals surface area contributed by atoms with Crippen molar-refractivity contribution in [3.8, 4) is 5.69 Å². The molecule has 0 radical (unpaired) electrons. The Labute approximate surface area is 128 Å².